The summed E-state index contributed by atoms with van der Waals surface area (Å²) in [5.74, 6) is 6.23. The van der Waals surface area contributed by atoms with Crippen molar-refractivity contribution >= 4 is 50.1 Å². The number of nitrogens with one attached hydrogen (secondary N) is 2. The van der Waals surface area contributed by atoms with Crippen LogP contribution < -0.4 is 11.3 Å². The minimum atomic E-state index is 0.631. The first kappa shape index (κ1) is 11.5. The van der Waals surface area contributed by atoms with E-state index in [-0.39, 0.29) is 0 Å². The largest absolute Gasteiger partial charge is 0.351 e. The van der Waals surface area contributed by atoms with Crippen LogP contribution in [-0.2, 0) is 0 Å². The van der Waals surface area contributed by atoms with Crippen LogP contribution in [0, 0.1) is 0 Å². The van der Waals surface area contributed by atoms with Crippen molar-refractivity contribution in [3.63, 3.8) is 0 Å². The molecule has 0 saturated carbocycles. The maximum Gasteiger partial charge on any atom is 0.165 e. The summed E-state index contributed by atoms with van der Waals surface area (Å²) in [4.78, 5) is 7.89. The number of pyridine rings is 1. The number of nitrogens with two attached hydrogens (primary N) is 1. The predicted molar refractivity (Wildman–Crippen MR) is 83.9 cm³/mol. The molecule has 4 N–H and O–H groups in total. The van der Waals surface area contributed by atoms with Crippen LogP contribution in [0.25, 0.3) is 32.7 Å². The summed E-state index contributed by atoms with van der Waals surface area (Å²) < 4.78 is 0. The number of aromatic amines is 1. The quantitative estimate of drug-likeness (QED) is 0.367. The van der Waals surface area contributed by atoms with Crippen molar-refractivity contribution in [2.45, 2.75) is 0 Å². The molecule has 20 heavy (non-hydrogen) atoms. The molecule has 0 aliphatic carbocycles. The van der Waals surface area contributed by atoms with Crippen molar-refractivity contribution in [1.29, 1.82) is 0 Å². The van der Waals surface area contributed by atoms with Gasteiger partial charge in [-0.2, -0.15) is 0 Å². The van der Waals surface area contributed by atoms with E-state index in [2.05, 4.69) is 21.5 Å². The highest BCUT2D eigenvalue weighted by Crippen LogP contribution is 2.35. The molecule has 0 spiro atoms. The van der Waals surface area contributed by atoms with E-state index in [4.69, 9.17) is 17.4 Å². The fraction of sp³-hybridized carbons (Fsp3) is 0. The van der Waals surface area contributed by atoms with Gasteiger partial charge in [-0.25, -0.2) is 10.8 Å². The maximum absolute atomic E-state index is 6.13. The zero-order valence-electron chi connectivity index (χ0n) is 10.4. The molecule has 0 amide bonds. The van der Waals surface area contributed by atoms with E-state index < -0.39 is 0 Å². The molecule has 4 nitrogen and oxygen atoms in total. The molecule has 0 aliphatic rings. The number of H-pyrrole nitrogens is 1. The van der Waals surface area contributed by atoms with Crippen LogP contribution in [0.3, 0.4) is 0 Å². The number of hydrazine groups is 1. The molecule has 0 aliphatic heterocycles. The second kappa shape index (κ2) is 4.10. The van der Waals surface area contributed by atoms with Crippen LogP contribution in [0.4, 0.5) is 5.82 Å². The molecule has 2 aromatic carbocycles. The van der Waals surface area contributed by atoms with Crippen molar-refractivity contribution in [2.75, 3.05) is 5.43 Å². The number of hydrogen-bond donors (Lipinski definition) is 3. The fourth-order valence-electron chi connectivity index (χ4n) is 2.69. The topological polar surface area (TPSA) is 66.7 Å². The number of hydrogen-bond acceptors (Lipinski definition) is 3. The molecule has 0 atom stereocenters. The van der Waals surface area contributed by atoms with Crippen LogP contribution in [0.2, 0.25) is 5.02 Å². The molecule has 0 fully saturated rings. The Morgan fingerprint density at radius 1 is 1.10 bits per heavy atom. The SMILES string of the molecule is NNc1nc2ccc(Cl)cc2c2c1[nH]c1ccccc12. The lowest BCUT2D eigenvalue weighted by molar-refractivity contribution is 1.27. The number of para-hydroxylation sites is 1. The van der Waals surface area contributed by atoms with Gasteiger partial charge in [-0.3, -0.25) is 0 Å². The fourth-order valence-corrected chi connectivity index (χ4v) is 2.86. The number of fused-ring (bicyclic) bond motifs is 5. The van der Waals surface area contributed by atoms with Crippen molar-refractivity contribution in [1.82, 2.24) is 9.97 Å². The first-order valence-electron chi connectivity index (χ1n) is 6.24. The number of aromatic nitrogens is 2. The molecule has 4 rings (SSSR count). The first-order chi connectivity index (χ1) is 9.78. The predicted octanol–water partition coefficient (Wildman–Crippen LogP) is 3.81. The molecule has 4 aromatic rings. The van der Waals surface area contributed by atoms with E-state index in [0.717, 1.165) is 32.7 Å². The van der Waals surface area contributed by atoms with Crippen LogP contribution in [0.1, 0.15) is 0 Å². The Morgan fingerprint density at radius 2 is 1.95 bits per heavy atom. The highest BCUT2D eigenvalue weighted by Gasteiger charge is 2.13. The van der Waals surface area contributed by atoms with Crippen molar-refractivity contribution in [3.8, 4) is 0 Å². The lowest BCUT2D eigenvalue weighted by Crippen LogP contribution is -2.09. The summed E-state index contributed by atoms with van der Waals surface area (Å²) in [5, 5.41) is 3.93. The lowest BCUT2D eigenvalue weighted by Gasteiger charge is -2.06. The highest BCUT2D eigenvalue weighted by molar-refractivity contribution is 6.32. The van der Waals surface area contributed by atoms with Crippen molar-refractivity contribution in [2.24, 2.45) is 5.84 Å². The van der Waals surface area contributed by atoms with Crippen LogP contribution in [0.5, 0.6) is 0 Å². The monoisotopic (exact) mass is 282 g/mol. The Hall–Kier alpha value is -2.30. The maximum atomic E-state index is 6.13. The Labute approximate surface area is 119 Å². The standard InChI is InChI=1S/C15H11ClN4/c16-8-5-6-12-10(7-8)13-9-3-1-2-4-11(9)18-14(13)15(19-12)20-17/h1-7,18H,17H2,(H,19,20). The van der Waals surface area contributed by atoms with Gasteiger partial charge in [0.25, 0.3) is 0 Å². The Balaban J connectivity index is 2.34. The summed E-state index contributed by atoms with van der Waals surface area (Å²) in [7, 11) is 0. The van der Waals surface area contributed by atoms with Gasteiger partial charge in [0.2, 0.25) is 0 Å². The minimum absolute atomic E-state index is 0.631. The third-order valence-corrected chi connectivity index (χ3v) is 3.77. The van der Waals surface area contributed by atoms with Gasteiger partial charge in [-0.1, -0.05) is 29.8 Å². The van der Waals surface area contributed by atoms with Gasteiger partial charge in [0, 0.05) is 26.7 Å². The molecule has 2 heterocycles. The van der Waals surface area contributed by atoms with Gasteiger partial charge in [0.05, 0.1) is 11.0 Å². The van der Waals surface area contributed by atoms with Crippen LogP contribution >= 0.6 is 11.6 Å². The van der Waals surface area contributed by atoms with E-state index in [1.807, 2.05) is 36.4 Å². The van der Waals surface area contributed by atoms with Gasteiger partial charge in [0.1, 0.15) is 0 Å². The Morgan fingerprint density at radius 3 is 2.80 bits per heavy atom. The number of benzene rings is 2. The van der Waals surface area contributed by atoms with Gasteiger partial charge >= 0.3 is 0 Å². The van der Waals surface area contributed by atoms with Gasteiger partial charge in [-0.05, 0) is 24.3 Å². The van der Waals surface area contributed by atoms with E-state index in [1.165, 1.54) is 0 Å². The van der Waals surface area contributed by atoms with E-state index >= 15 is 0 Å². The molecule has 0 bridgehead atoms. The molecular weight excluding hydrogens is 272 g/mol. The zero-order chi connectivity index (χ0) is 13.7. The molecule has 5 heteroatoms. The Kier molecular flexibility index (Phi) is 2.36. The first-order valence-corrected chi connectivity index (χ1v) is 6.62. The van der Waals surface area contributed by atoms with E-state index in [9.17, 15) is 0 Å². The number of halogens is 1. The molecule has 2 aromatic heterocycles. The third kappa shape index (κ3) is 1.49. The smallest absolute Gasteiger partial charge is 0.165 e. The summed E-state index contributed by atoms with van der Waals surface area (Å²) in [6.07, 6.45) is 0. The zero-order valence-corrected chi connectivity index (χ0v) is 11.2. The molecular formula is C15H11ClN4. The number of nitrogen functional groups attached to an aromatic ring is 1. The number of nitrogens with zero attached hydrogens (tertiary/aromatic N) is 1. The summed E-state index contributed by atoms with van der Waals surface area (Å²) in [5.41, 5.74) is 5.46. The van der Waals surface area contributed by atoms with Crippen LogP contribution in [-0.4, -0.2) is 9.97 Å². The van der Waals surface area contributed by atoms with E-state index in [0.29, 0.717) is 10.8 Å². The average molecular weight is 283 g/mol. The van der Waals surface area contributed by atoms with Crippen LogP contribution in [0.15, 0.2) is 42.5 Å². The van der Waals surface area contributed by atoms with Crippen molar-refractivity contribution < 1.29 is 0 Å². The number of anilines is 1. The van der Waals surface area contributed by atoms with Gasteiger partial charge < -0.3 is 10.4 Å². The number of rotatable bonds is 1. The lowest BCUT2D eigenvalue weighted by atomic mass is 10.1. The van der Waals surface area contributed by atoms with Crippen molar-refractivity contribution in [3.05, 3.63) is 47.5 Å². The summed E-state index contributed by atoms with van der Waals surface area (Å²) in [6, 6.07) is 13.8. The molecule has 98 valence electrons. The second-order valence-corrected chi connectivity index (χ2v) is 5.12. The van der Waals surface area contributed by atoms with Gasteiger partial charge in [-0.15, -0.1) is 0 Å². The van der Waals surface area contributed by atoms with E-state index in [1.54, 1.807) is 0 Å². The molecule has 0 unspecified atom stereocenters. The third-order valence-electron chi connectivity index (χ3n) is 3.54. The Bertz CT molecular complexity index is 958. The highest BCUT2D eigenvalue weighted by atomic mass is 35.5. The molecule has 0 radical (unpaired) electrons. The summed E-state index contributed by atoms with van der Waals surface area (Å²) in [6.45, 7) is 0. The van der Waals surface area contributed by atoms with Gasteiger partial charge in [0.15, 0.2) is 5.82 Å². The summed E-state index contributed by atoms with van der Waals surface area (Å²) >= 11 is 6.13. The normalized spacial score (nSPS) is 11.5. The second-order valence-electron chi connectivity index (χ2n) is 4.69. The molecule has 0 saturated heterocycles. The minimum Gasteiger partial charge on any atom is -0.351 e. The average Bonchev–Trinajstić information content (AvgIpc) is 2.86.